The minimum atomic E-state index is -0.685. The first kappa shape index (κ1) is 14.4. The van der Waals surface area contributed by atoms with Crippen molar-refractivity contribution in [3.8, 4) is 0 Å². The molecule has 1 heterocycles. The second-order valence-electron chi connectivity index (χ2n) is 5.39. The monoisotopic (exact) mass is 256 g/mol. The Morgan fingerprint density at radius 1 is 1.41 bits per heavy atom. The number of amides is 1. The maximum atomic E-state index is 12.7. The maximum Gasteiger partial charge on any atom is 0.235 e. The molecule has 1 unspecified atom stereocenters. The van der Waals surface area contributed by atoms with Crippen molar-refractivity contribution in [1.29, 1.82) is 0 Å². The van der Waals surface area contributed by atoms with Gasteiger partial charge in [0, 0.05) is 12.1 Å². The zero-order chi connectivity index (χ0) is 13.2. The van der Waals surface area contributed by atoms with Crippen molar-refractivity contribution in [2.75, 3.05) is 0 Å². The Hall–Kier alpha value is -0.640. The lowest BCUT2D eigenvalue weighted by Gasteiger charge is -2.43. The molecule has 0 aromatic carbocycles. The molecule has 0 aromatic heterocycles. The third-order valence-electron chi connectivity index (χ3n) is 4.15. The number of carbonyl (C=O) groups is 1. The molecule has 0 aromatic rings. The number of nitrogens with zero attached hydrogens (tertiary/aromatic N) is 1. The van der Waals surface area contributed by atoms with Crippen LogP contribution < -0.4 is 5.73 Å². The Bertz CT molecular complexity index is 309. The number of rotatable bonds is 3. The molecule has 4 heteroatoms. The van der Waals surface area contributed by atoms with Crippen LogP contribution in [-0.4, -0.2) is 27.9 Å². The van der Waals surface area contributed by atoms with E-state index in [9.17, 15) is 4.79 Å². The summed E-state index contributed by atoms with van der Waals surface area (Å²) in [5, 5.41) is 0. The molecule has 1 fully saturated rings. The number of piperidine rings is 1. The van der Waals surface area contributed by atoms with Crippen molar-refractivity contribution in [2.45, 2.75) is 65.5 Å². The highest BCUT2D eigenvalue weighted by Crippen LogP contribution is 2.31. The molecule has 1 aliphatic heterocycles. The van der Waals surface area contributed by atoms with Crippen molar-refractivity contribution in [3.05, 3.63) is 0 Å². The van der Waals surface area contributed by atoms with Crippen molar-refractivity contribution >= 4 is 23.1 Å². The van der Waals surface area contributed by atoms with Gasteiger partial charge in [-0.1, -0.05) is 19.1 Å². The topological polar surface area (TPSA) is 46.3 Å². The summed E-state index contributed by atoms with van der Waals surface area (Å²) in [7, 11) is 0. The largest absolute Gasteiger partial charge is 0.392 e. The van der Waals surface area contributed by atoms with E-state index in [1.165, 1.54) is 6.42 Å². The predicted octanol–water partition coefficient (Wildman–Crippen LogP) is 2.48. The number of nitrogens with two attached hydrogens (primary N) is 1. The third kappa shape index (κ3) is 2.62. The molecular formula is C13H24N2OS. The molecule has 0 saturated carbocycles. The number of hydrogen-bond donors (Lipinski definition) is 1. The van der Waals surface area contributed by atoms with E-state index in [0.717, 1.165) is 12.8 Å². The van der Waals surface area contributed by atoms with Gasteiger partial charge in [0.25, 0.3) is 0 Å². The van der Waals surface area contributed by atoms with Crippen LogP contribution in [0.25, 0.3) is 0 Å². The van der Waals surface area contributed by atoms with Gasteiger partial charge < -0.3 is 10.6 Å². The van der Waals surface area contributed by atoms with E-state index < -0.39 is 5.41 Å². The lowest BCUT2D eigenvalue weighted by molar-refractivity contribution is -0.144. The summed E-state index contributed by atoms with van der Waals surface area (Å²) in [5.41, 5.74) is 5.08. The first-order valence-corrected chi connectivity index (χ1v) is 6.88. The lowest BCUT2D eigenvalue weighted by Crippen LogP contribution is -2.55. The first-order valence-electron chi connectivity index (χ1n) is 6.47. The Morgan fingerprint density at radius 2 is 1.88 bits per heavy atom. The fourth-order valence-electron chi connectivity index (χ4n) is 2.54. The summed E-state index contributed by atoms with van der Waals surface area (Å²) >= 11 is 5.08. The number of hydrogen-bond acceptors (Lipinski definition) is 2. The van der Waals surface area contributed by atoms with Crippen LogP contribution in [0.4, 0.5) is 0 Å². The van der Waals surface area contributed by atoms with Gasteiger partial charge in [-0.25, -0.2) is 0 Å². The van der Waals surface area contributed by atoms with Gasteiger partial charge in [-0.05, 0) is 46.5 Å². The Morgan fingerprint density at radius 3 is 2.24 bits per heavy atom. The maximum absolute atomic E-state index is 12.7. The van der Waals surface area contributed by atoms with Crippen LogP contribution in [-0.2, 0) is 4.79 Å². The van der Waals surface area contributed by atoms with Crippen molar-refractivity contribution < 1.29 is 4.79 Å². The van der Waals surface area contributed by atoms with Crippen LogP contribution in [0.2, 0.25) is 0 Å². The molecule has 1 saturated heterocycles. The third-order valence-corrected chi connectivity index (χ3v) is 4.60. The molecule has 17 heavy (non-hydrogen) atoms. The molecule has 1 aliphatic rings. The van der Waals surface area contributed by atoms with Crippen LogP contribution in [0.3, 0.4) is 0 Å². The van der Waals surface area contributed by atoms with Crippen molar-refractivity contribution in [2.24, 2.45) is 11.1 Å². The number of carbonyl (C=O) groups excluding carboxylic acids is 1. The molecule has 0 spiro atoms. The molecular weight excluding hydrogens is 232 g/mol. The number of thiocarbonyl (C=S) groups is 1. The minimum absolute atomic E-state index is 0.104. The van der Waals surface area contributed by atoms with Gasteiger partial charge in [0.05, 0.1) is 10.4 Å². The summed E-state index contributed by atoms with van der Waals surface area (Å²) in [6, 6.07) is 0.595. The minimum Gasteiger partial charge on any atom is -0.392 e. The van der Waals surface area contributed by atoms with Crippen molar-refractivity contribution in [3.63, 3.8) is 0 Å². The van der Waals surface area contributed by atoms with Crippen LogP contribution in [0.5, 0.6) is 0 Å². The summed E-state index contributed by atoms with van der Waals surface area (Å²) in [6.45, 7) is 8.06. The smallest absolute Gasteiger partial charge is 0.235 e. The number of likely N-dealkylation sites (tertiary alicyclic amines) is 1. The molecule has 3 nitrogen and oxygen atoms in total. The predicted molar refractivity (Wildman–Crippen MR) is 74.8 cm³/mol. The van der Waals surface area contributed by atoms with Gasteiger partial charge in [-0.3, -0.25) is 4.79 Å². The Kier molecular flexibility index (Phi) is 4.53. The summed E-state index contributed by atoms with van der Waals surface area (Å²) in [5.74, 6) is 0.104. The second kappa shape index (κ2) is 5.34. The van der Waals surface area contributed by atoms with Gasteiger partial charge >= 0.3 is 0 Å². The summed E-state index contributed by atoms with van der Waals surface area (Å²) in [6.07, 6.45) is 4.01. The van der Waals surface area contributed by atoms with Gasteiger partial charge in [0.15, 0.2) is 0 Å². The van der Waals surface area contributed by atoms with E-state index in [1.54, 1.807) is 0 Å². The molecule has 98 valence electrons. The van der Waals surface area contributed by atoms with Crippen LogP contribution in [0.15, 0.2) is 0 Å². The highest BCUT2D eigenvalue weighted by Gasteiger charge is 2.41. The molecule has 1 amide bonds. The molecule has 3 atom stereocenters. The SMILES string of the molecule is CCC(C)(C(=O)N1[C@H](C)CCC[C@@H]1C)C(N)=S. The average molecular weight is 256 g/mol. The zero-order valence-electron chi connectivity index (χ0n) is 11.3. The summed E-state index contributed by atoms with van der Waals surface area (Å²) in [4.78, 5) is 15.0. The standard InChI is InChI=1S/C13H24N2OS/c1-5-13(4,11(14)17)12(16)15-9(2)7-6-8-10(15)3/h9-10H,5-8H2,1-4H3,(H2,14,17)/t9-,10+,13?. The van der Waals surface area contributed by atoms with E-state index in [-0.39, 0.29) is 5.91 Å². The van der Waals surface area contributed by atoms with Gasteiger partial charge in [-0.2, -0.15) is 0 Å². The Labute approximate surface area is 110 Å². The van der Waals surface area contributed by atoms with E-state index in [2.05, 4.69) is 13.8 Å². The van der Waals surface area contributed by atoms with Gasteiger partial charge in [-0.15, -0.1) is 0 Å². The van der Waals surface area contributed by atoms with E-state index in [1.807, 2.05) is 18.7 Å². The van der Waals surface area contributed by atoms with Crippen LogP contribution in [0, 0.1) is 5.41 Å². The molecule has 0 bridgehead atoms. The fraction of sp³-hybridized carbons (Fsp3) is 0.846. The Balaban J connectivity index is 2.97. The molecule has 1 rings (SSSR count). The molecule has 0 aliphatic carbocycles. The van der Waals surface area contributed by atoms with Crippen LogP contribution in [0.1, 0.15) is 53.4 Å². The lowest BCUT2D eigenvalue weighted by atomic mass is 9.83. The highest BCUT2D eigenvalue weighted by atomic mass is 32.1. The van der Waals surface area contributed by atoms with E-state index in [0.29, 0.717) is 23.5 Å². The van der Waals surface area contributed by atoms with Crippen LogP contribution >= 0.6 is 12.2 Å². The fourth-order valence-corrected chi connectivity index (χ4v) is 2.77. The normalized spacial score (nSPS) is 28.6. The average Bonchev–Trinajstić information content (AvgIpc) is 2.27. The van der Waals surface area contributed by atoms with Gasteiger partial charge in [0.1, 0.15) is 0 Å². The van der Waals surface area contributed by atoms with Crippen molar-refractivity contribution in [1.82, 2.24) is 4.90 Å². The zero-order valence-corrected chi connectivity index (χ0v) is 12.1. The van der Waals surface area contributed by atoms with E-state index >= 15 is 0 Å². The quantitative estimate of drug-likeness (QED) is 0.789. The van der Waals surface area contributed by atoms with Gasteiger partial charge in [0.2, 0.25) is 5.91 Å². The first-order chi connectivity index (χ1) is 7.84. The molecule has 2 N–H and O–H groups in total. The molecule has 0 radical (unpaired) electrons. The van der Waals surface area contributed by atoms with E-state index in [4.69, 9.17) is 18.0 Å². The second-order valence-corrected chi connectivity index (χ2v) is 5.83. The summed E-state index contributed by atoms with van der Waals surface area (Å²) < 4.78 is 0. The highest BCUT2D eigenvalue weighted by molar-refractivity contribution is 7.80.